The minimum absolute atomic E-state index is 0.774. The molecule has 1 heterocycles. The van der Waals surface area contributed by atoms with Crippen molar-refractivity contribution < 1.29 is 0 Å². The third-order valence-corrected chi connectivity index (χ3v) is 3.79. The van der Waals surface area contributed by atoms with Gasteiger partial charge >= 0.3 is 0 Å². The Labute approximate surface area is 122 Å². The first-order valence-corrected chi connectivity index (χ1v) is 7.26. The Morgan fingerprint density at radius 1 is 1.16 bits per heavy atom. The summed E-state index contributed by atoms with van der Waals surface area (Å²) in [6.07, 6.45) is 2.00. The van der Waals surface area contributed by atoms with E-state index in [-0.39, 0.29) is 0 Å². The molecule has 0 fully saturated rings. The van der Waals surface area contributed by atoms with Crippen molar-refractivity contribution in [3.8, 4) is 11.4 Å². The Morgan fingerprint density at radius 3 is 2.42 bits per heavy atom. The Bertz CT molecular complexity index is 564. The predicted octanol–water partition coefficient (Wildman–Crippen LogP) is 4.21. The standard InChI is InChI=1S/C15H18BrN3/c1-4-5-12-13(16)15(17-3)19-14(18-12)11-8-6-10(2)7-9-11/h6-9H,4-5H2,1-3H3,(H,17,18,19). The van der Waals surface area contributed by atoms with Gasteiger partial charge in [-0.15, -0.1) is 0 Å². The Balaban J connectivity index is 2.51. The van der Waals surface area contributed by atoms with Crippen molar-refractivity contribution in [2.24, 2.45) is 0 Å². The number of aromatic nitrogens is 2. The maximum absolute atomic E-state index is 4.67. The second-order valence-corrected chi connectivity index (χ2v) is 5.32. The topological polar surface area (TPSA) is 37.8 Å². The van der Waals surface area contributed by atoms with Crippen LogP contribution in [0.2, 0.25) is 0 Å². The van der Waals surface area contributed by atoms with Gasteiger partial charge in [0.1, 0.15) is 5.82 Å². The van der Waals surface area contributed by atoms with Crippen LogP contribution in [0, 0.1) is 6.92 Å². The average molecular weight is 320 g/mol. The number of halogens is 1. The van der Waals surface area contributed by atoms with E-state index in [1.54, 1.807) is 0 Å². The van der Waals surface area contributed by atoms with E-state index in [9.17, 15) is 0 Å². The maximum Gasteiger partial charge on any atom is 0.161 e. The molecule has 0 bridgehead atoms. The van der Waals surface area contributed by atoms with Crippen LogP contribution in [0.15, 0.2) is 28.7 Å². The van der Waals surface area contributed by atoms with Gasteiger partial charge in [-0.1, -0.05) is 43.2 Å². The molecule has 0 aliphatic heterocycles. The summed E-state index contributed by atoms with van der Waals surface area (Å²) >= 11 is 3.57. The molecular weight excluding hydrogens is 302 g/mol. The highest BCUT2D eigenvalue weighted by Gasteiger charge is 2.11. The molecule has 2 aromatic rings. The summed E-state index contributed by atoms with van der Waals surface area (Å²) < 4.78 is 0.965. The van der Waals surface area contributed by atoms with Crippen molar-refractivity contribution >= 4 is 21.7 Å². The number of rotatable bonds is 4. The fourth-order valence-corrected chi connectivity index (χ4v) is 2.47. The third kappa shape index (κ3) is 3.13. The molecule has 0 saturated heterocycles. The van der Waals surface area contributed by atoms with Crippen molar-refractivity contribution in [3.05, 3.63) is 40.0 Å². The van der Waals surface area contributed by atoms with Crippen LogP contribution in [0.4, 0.5) is 5.82 Å². The zero-order valence-electron chi connectivity index (χ0n) is 11.5. The van der Waals surface area contributed by atoms with Crippen molar-refractivity contribution in [3.63, 3.8) is 0 Å². The van der Waals surface area contributed by atoms with Gasteiger partial charge in [0, 0.05) is 12.6 Å². The van der Waals surface area contributed by atoms with Crippen molar-refractivity contribution in [1.29, 1.82) is 0 Å². The van der Waals surface area contributed by atoms with Crippen LogP contribution in [0.5, 0.6) is 0 Å². The predicted molar refractivity (Wildman–Crippen MR) is 83.4 cm³/mol. The molecule has 0 amide bonds. The third-order valence-electron chi connectivity index (χ3n) is 2.95. The van der Waals surface area contributed by atoms with E-state index in [2.05, 4.69) is 69.3 Å². The molecule has 19 heavy (non-hydrogen) atoms. The van der Waals surface area contributed by atoms with Crippen LogP contribution in [0.3, 0.4) is 0 Å². The monoisotopic (exact) mass is 319 g/mol. The second kappa shape index (κ2) is 6.15. The summed E-state index contributed by atoms with van der Waals surface area (Å²) in [4.78, 5) is 9.24. The van der Waals surface area contributed by atoms with E-state index in [1.807, 2.05) is 7.05 Å². The van der Waals surface area contributed by atoms with Crippen molar-refractivity contribution in [1.82, 2.24) is 9.97 Å². The summed E-state index contributed by atoms with van der Waals surface area (Å²) in [5, 5.41) is 3.12. The van der Waals surface area contributed by atoms with Crippen LogP contribution in [0.1, 0.15) is 24.6 Å². The number of anilines is 1. The van der Waals surface area contributed by atoms with E-state index in [4.69, 9.17) is 0 Å². The molecule has 1 N–H and O–H groups in total. The van der Waals surface area contributed by atoms with Crippen LogP contribution in [-0.2, 0) is 6.42 Å². The van der Waals surface area contributed by atoms with Crippen LogP contribution in [-0.4, -0.2) is 17.0 Å². The Morgan fingerprint density at radius 2 is 1.84 bits per heavy atom. The Kier molecular flexibility index (Phi) is 4.53. The van der Waals surface area contributed by atoms with Gasteiger partial charge in [-0.2, -0.15) is 0 Å². The van der Waals surface area contributed by atoms with Gasteiger partial charge in [-0.3, -0.25) is 0 Å². The normalized spacial score (nSPS) is 10.5. The van der Waals surface area contributed by atoms with E-state index in [0.29, 0.717) is 0 Å². The molecule has 2 rings (SSSR count). The van der Waals surface area contributed by atoms with Gasteiger partial charge in [-0.25, -0.2) is 9.97 Å². The van der Waals surface area contributed by atoms with Gasteiger partial charge in [0.05, 0.1) is 10.2 Å². The summed E-state index contributed by atoms with van der Waals surface area (Å²) in [6.45, 7) is 4.23. The molecule has 3 nitrogen and oxygen atoms in total. The number of nitrogens with zero attached hydrogens (tertiary/aromatic N) is 2. The van der Waals surface area contributed by atoms with Gasteiger partial charge in [0.2, 0.25) is 0 Å². The number of hydrogen-bond donors (Lipinski definition) is 1. The number of hydrogen-bond acceptors (Lipinski definition) is 3. The lowest BCUT2D eigenvalue weighted by atomic mass is 10.1. The minimum Gasteiger partial charge on any atom is -0.372 e. The summed E-state index contributed by atoms with van der Waals surface area (Å²) in [6, 6.07) is 8.29. The van der Waals surface area contributed by atoms with E-state index < -0.39 is 0 Å². The molecule has 0 radical (unpaired) electrons. The van der Waals surface area contributed by atoms with E-state index in [1.165, 1.54) is 5.56 Å². The van der Waals surface area contributed by atoms with E-state index in [0.717, 1.165) is 40.2 Å². The van der Waals surface area contributed by atoms with Crippen LogP contribution >= 0.6 is 15.9 Å². The molecule has 4 heteroatoms. The first-order chi connectivity index (χ1) is 9.15. The lowest BCUT2D eigenvalue weighted by Crippen LogP contribution is -2.03. The number of benzene rings is 1. The summed E-state index contributed by atoms with van der Waals surface area (Å²) in [7, 11) is 1.88. The average Bonchev–Trinajstić information content (AvgIpc) is 2.42. The quantitative estimate of drug-likeness (QED) is 0.917. The maximum atomic E-state index is 4.67. The van der Waals surface area contributed by atoms with Crippen LogP contribution in [0.25, 0.3) is 11.4 Å². The molecule has 1 aromatic carbocycles. The highest BCUT2D eigenvalue weighted by molar-refractivity contribution is 9.10. The molecule has 0 unspecified atom stereocenters. The second-order valence-electron chi connectivity index (χ2n) is 4.52. The fraction of sp³-hybridized carbons (Fsp3) is 0.333. The number of aryl methyl sites for hydroxylation is 2. The molecule has 0 aliphatic carbocycles. The zero-order chi connectivity index (χ0) is 13.8. The minimum atomic E-state index is 0.774. The number of nitrogens with one attached hydrogen (secondary N) is 1. The zero-order valence-corrected chi connectivity index (χ0v) is 13.1. The first kappa shape index (κ1) is 14.0. The summed E-state index contributed by atoms with van der Waals surface area (Å²) in [5.74, 6) is 1.62. The highest BCUT2D eigenvalue weighted by Crippen LogP contribution is 2.27. The molecule has 0 saturated carbocycles. The van der Waals surface area contributed by atoms with Gasteiger partial charge < -0.3 is 5.32 Å². The van der Waals surface area contributed by atoms with Gasteiger partial charge in [0.25, 0.3) is 0 Å². The smallest absolute Gasteiger partial charge is 0.161 e. The van der Waals surface area contributed by atoms with E-state index >= 15 is 0 Å². The van der Waals surface area contributed by atoms with Crippen molar-refractivity contribution in [2.75, 3.05) is 12.4 Å². The van der Waals surface area contributed by atoms with Crippen molar-refractivity contribution in [2.45, 2.75) is 26.7 Å². The largest absolute Gasteiger partial charge is 0.372 e. The molecule has 0 spiro atoms. The van der Waals surface area contributed by atoms with Crippen LogP contribution < -0.4 is 5.32 Å². The molecule has 1 aromatic heterocycles. The fourth-order valence-electron chi connectivity index (χ4n) is 1.89. The highest BCUT2D eigenvalue weighted by atomic mass is 79.9. The molecular formula is C15H18BrN3. The molecule has 100 valence electrons. The SMILES string of the molecule is CCCc1nc(-c2ccc(C)cc2)nc(NC)c1Br. The molecule has 0 atom stereocenters. The lowest BCUT2D eigenvalue weighted by molar-refractivity contribution is 0.869. The Hall–Kier alpha value is -1.42. The molecule has 0 aliphatic rings. The first-order valence-electron chi connectivity index (χ1n) is 6.47. The lowest BCUT2D eigenvalue weighted by Gasteiger charge is -2.10. The summed E-state index contributed by atoms with van der Waals surface area (Å²) in [5.41, 5.74) is 3.34. The van der Waals surface area contributed by atoms with Gasteiger partial charge in [0.15, 0.2) is 5.82 Å². The van der Waals surface area contributed by atoms with Gasteiger partial charge in [-0.05, 0) is 29.3 Å².